The number of piperidine rings is 1. The number of alkyl halides is 3. The van der Waals surface area contributed by atoms with Gasteiger partial charge in [0.15, 0.2) is 0 Å². The van der Waals surface area contributed by atoms with Crippen molar-refractivity contribution < 1.29 is 17.7 Å². The maximum atomic E-state index is 13.9. The molecule has 0 bridgehead atoms. The zero-order valence-electron chi connectivity index (χ0n) is 19.1. The molecule has 0 amide bonds. The zero-order valence-corrected chi connectivity index (χ0v) is 19.1. The van der Waals surface area contributed by atoms with Crippen molar-refractivity contribution in [2.24, 2.45) is 5.92 Å². The van der Waals surface area contributed by atoms with E-state index in [2.05, 4.69) is 32.7 Å². The highest BCUT2D eigenvalue weighted by atomic mass is 19.4. The van der Waals surface area contributed by atoms with Gasteiger partial charge in [0.25, 0.3) is 0 Å². The van der Waals surface area contributed by atoms with E-state index in [1.54, 1.807) is 18.2 Å². The average Bonchev–Trinajstić information content (AvgIpc) is 3.36. The van der Waals surface area contributed by atoms with Gasteiger partial charge in [-0.05, 0) is 38.8 Å². The summed E-state index contributed by atoms with van der Waals surface area (Å²) in [4.78, 5) is 13.1. The molecule has 10 heteroatoms. The molecular formula is C24H25F3N6O. The number of hydrogen-bond donors (Lipinski definition) is 2. The summed E-state index contributed by atoms with van der Waals surface area (Å²) in [6.45, 7) is 7.38. The topological polar surface area (TPSA) is 88.8 Å². The number of halogens is 3. The number of pyridine rings is 1. The van der Waals surface area contributed by atoms with Gasteiger partial charge in [0.2, 0.25) is 5.95 Å². The number of aryl methyl sites for hydroxylation is 2. The first-order chi connectivity index (χ1) is 16.2. The van der Waals surface area contributed by atoms with Gasteiger partial charge in [-0.1, -0.05) is 24.2 Å². The van der Waals surface area contributed by atoms with Crippen LogP contribution in [0.15, 0.2) is 28.9 Å². The van der Waals surface area contributed by atoms with E-state index < -0.39 is 11.7 Å². The van der Waals surface area contributed by atoms with Crippen LogP contribution in [0.3, 0.4) is 0 Å². The standard InChI is InChI=1S/C24H25F3N6O/c1-12-8-9-28-11-20(12)31-23-29-10-17(24(25,26)27)22(32-23)16-5-6-18-15(16)4-7-19(30-18)21-13(2)33-34-14(21)3/h4-5,7,10,12,20,28H,6,8-9,11H2,1-3H3,(H,29,31,32)/t12-,20+/m0/s1. The van der Waals surface area contributed by atoms with Crippen LogP contribution in [-0.2, 0) is 12.6 Å². The molecule has 0 aromatic carbocycles. The van der Waals surface area contributed by atoms with Gasteiger partial charge in [-0.3, -0.25) is 4.98 Å². The smallest absolute Gasteiger partial charge is 0.361 e. The molecule has 7 nitrogen and oxygen atoms in total. The zero-order chi connectivity index (χ0) is 24.0. The van der Waals surface area contributed by atoms with Crippen molar-refractivity contribution in [3.63, 3.8) is 0 Å². The maximum Gasteiger partial charge on any atom is 0.419 e. The number of rotatable bonds is 4. The molecule has 3 aromatic heterocycles. The summed E-state index contributed by atoms with van der Waals surface area (Å²) in [7, 11) is 0. The third kappa shape index (κ3) is 4.06. The van der Waals surface area contributed by atoms with Gasteiger partial charge in [0, 0.05) is 36.3 Å². The van der Waals surface area contributed by atoms with E-state index in [4.69, 9.17) is 9.51 Å². The second-order valence-corrected chi connectivity index (χ2v) is 8.89. The van der Waals surface area contributed by atoms with Crippen molar-refractivity contribution in [1.29, 1.82) is 0 Å². The van der Waals surface area contributed by atoms with Crippen molar-refractivity contribution >= 4 is 11.5 Å². The maximum absolute atomic E-state index is 13.9. The van der Waals surface area contributed by atoms with Gasteiger partial charge < -0.3 is 15.2 Å². The Balaban J connectivity index is 1.52. The molecule has 1 fully saturated rings. The molecular weight excluding hydrogens is 445 g/mol. The molecule has 2 aliphatic rings. The van der Waals surface area contributed by atoms with Crippen LogP contribution in [0, 0.1) is 19.8 Å². The fourth-order valence-corrected chi connectivity index (χ4v) is 4.64. The average molecular weight is 470 g/mol. The lowest BCUT2D eigenvalue weighted by atomic mass is 9.95. The largest absolute Gasteiger partial charge is 0.419 e. The summed E-state index contributed by atoms with van der Waals surface area (Å²) in [5.41, 5.74) is 2.96. The molecule has 1 aliphatic carbocycles. The molecule has 0 saturated carbocycles. The Hall–Kier alpha value is -3.27. The number of allylic oxidation sites excluding steroid dienone is 1. The van der Waals surface area contributed by atoms with Gasteiger partial charge in [-0.15, -0.1) is 0 Å². The number of fused-ring (bicyclic) bond motifs is 1. The summed E-state index contributed by atoms with van der Waals surface area (Å²) >= 11 is 0. The van der Waals surface area contributed by atoms with Crippen LogP contribution in [0.4, 0.5) is 19.1 Å². The second-order valence-electron chi connectivity index (χ2n) is 8.89. The highest BCUT2D eigenvalue weighted by Gasteiger charge is 2.37. The van der Waals surface area contributed by atoms with Crippen LogP contribution in [0.2, 0.25) is 0 Å². The molecule has 4 heterocycles. The van der Waals surface area contributed by atoms with E-state index in [-0.39, 0.29) is 17.7 Å². The van der Waals surface area contributed by atoms with E-state index in [1.165, 1.54) is 0 Å². The van der Waals surface area contributed by atoms with E-state index in [0.717, 1.165) is 24.7 Å². The minimum Gasteiger partial charge on any atom is -0.361 e. The van der Waals surface area contributed by atoms with Crippen LogP contribution in [0.25, 0.3) is 16.8 Å². The Morgan fingerprint density at radius 1 is 1.18 bits per heavy atom. The van der Waals surface area contributed by atoms with Crippen LogP contribution >= 0.6 is 0 Å². The lowest BCUT2D eigenvalue weighted by molar-refractivity contribution is -0.138. The van der Waals surface area contributed by atoms with E-state index in [0.29, 0.717) is 52.9 Å². The number of nitrogens with one attached hydrogen (secondary N) is 2. The summed E-state index contributed by atoms with van der Waals surface area (Å²) in [6, 6.07) is 3.63. The SMILES string of the molecule is Cc1noc(C)c1-c1ccc2c(n1)CC=C2c1nc(N[C@@H]2CNCC[C@@H]2C)ncc1C(F)(F)F. The summed E-state index contributed by atoms with van der Waals surface area (Å²) in [5, 5.41) is 10.5. The number of nitrogens with zero attached hydrogens (tertiary/aromatic N) is 4. The third-order valence-electron chi connectivity index (χ3n) is 6.54. The third-order valence-corrected chi connectivity index (χ3v) is 6.54. The quantitative estimate of drug-likeness (QED) is 0.578. The van der Waals surface area contributed by atoms with Crippen molar-refractivity contribution in [2.75, 3.05) is 18.4 Å². The van der Waals surface area contributed by atoms with Crippen molar-refractivity contribution in [3.05, 3.63) is 58.4 Å². The predicted molar refractivity (Wildman–Crippen MR) is 121 cm³/mol. The highest BCUT2D eigenvalue weighted by molar-refractivity contribution is 5.85. The molecule has 34 heavy (non-hydrogen) atoms. The van der Waals surface area contributed by atoms with Gasteiger partial charge in [0.1, 0.15) is 11.3 Å². The highest BCUT2D eigenvalue weighted by Crippen LogP contribution is 2.40. The van der Waals surface area contributed by atoms with E-state index in [1.807, 2.05) is 13.8 Å². The molecule has 178 valence electrons. The van der Waals surface area contributed by atoms with Crippen LogP contribution in [-0.4, -0.2) is 39.2 Å². The first-order valence-corrected chi connectivity index (χ1v) is 11.3. The molecule has 3 aromatic rings. The Morgan fingerprint density at radius 2 is 2.00 bits per heavy atom. The first kappa shape index (κ1) is 22.5. The minimum atomic E-state index is -4.58. The van der Waals surface area contributed by atoms with Gasteiger partial charge in [-0.2, -0.15) is 13.2 Å². The molecule has 0 spiro atoms. The Bertz CT molecular complexity index is 1250. The van der Waals surface area contributed by atoms with Gasteiger partial charge >= 0.3 is 6.18 Å². The minimum absolute atomic E-state index is 0.0439. The van der Waals surface area contributed by atoms with Crippen molar-refractivity contribution in [1.82, 2.24) is 25.4 Å². The molecule has 1 saturated heterocycles. The second kappa shape index (κ2) is 8.50. The Labute approximate surface area is 194 Å². The number of anilines is 1. The first-order valence-electron chi connectivity index (χ1n) is 11.3. The van der Waals surface area contributed by atoms with Gasteiger partial charge in [-0.25, -0.2) is 9.97 Å². The molecule has 0 radical (unpaired) electrons. The molecule has 1 aliphatic heterocycles. The van der Waals surface area contributed by atoms with Crippen LogP contribution in [0.5, 0.6) is 0 Å². The normalized spacial score (nSPS) is 20.2. The van der Waals surface area contributed by atoms with Crippen LogP contribution < -0.4 is 10.6 Å². The lowest BCUT2D eigenvalue weighted by Crippen LogP contribution is -2.44. The molecule has 5 rings (SSSR count). The van der Waals surface area contributed by atoms with Crippen molar-refractivity contribution in [3.8, 4) is 11.3 Å². The monoisotopic (exact) mass is 470 g/mol. The van der Waals surface area contributed by atoms with Crippen molar-refractivity contribution in [2.45, 2.75) is 45.8 Å². The molecule has 2 atom stereocenters. The molecule has 2 N–H and O–H groups in total. The number of aromatic nitrogens is 4. The number of hydrogen-bond acceptors (Lipinski definition) is 7. The Morgan fingerprint density at radius 3 is 2.71 bits per heavy atom. The van der Waals surface area contributed by atoms with E-state index in [9.17, 15) is 13.2 Å². The van der Waals surface area contributed by atoms with E-state index >= 15 is 0 Å². The lowest BCUT2D eigenvalue weighted by Gasteiger charge is -2.30. The fraction of sp³-hybridized carbons (Fsp3) is 0.417. The fourth-order valence-electron chi connectivity index (χ4n) is 4.64. The summed E-state index contributed by atoms with van der Waals surface area (Å²) in [5.74, 6) is 1.19. The predicted octanol–water partition coefficient (Wildman–Crippen LogP) is 4.56. The summed E-state index contributed by atoms with van der Waals surface area (Å²) in [6.07, 6.45) is -0.573. The van der Waals surface area contributed by atoms with Crippen LogP contribution in [0.1, 0.15) is 47.3 Å². The van der Waals surface area contributed by atoms with Gasteiger partial charge in [0.05, 0.1) is 28.3 Å². The Kier molecular flexibility index (Phi) is 5.63. The molecule has 0 unspecified atom stereocenters. The summed E-state index contributed by atoms with van der Waals surface area (Å²) < 4.78 is 46.9.